The second-order valence-corrected chi connectivity index (χ2v) is 3.90. The quantitative estimate of drug-likeness (QED) is 0.561. The minimum atomic E-state index is 0.0657. The van der Waals surface area contributed by atoms with E-state index < -0.39 is 0 Å². The van der Waals surface area contributed by atoms with Gasteiger partial charge in [0, 0.05) is 12.2 Å². The fraction of sp³-hybridized carbons (Fsp3) is 0.462. The van der Waals surface area contributed by atoms with Gasteiger partial charge >= 0.3 is 0 Å². The molecule has 4 heteroatoms. The van der Waals surface area contributed by atoms with Crippen molar-refractivity contribution in [3.8, 4) is 0 Å². The molecule has 0 bridgehead atoms. The van der Waals surface area contributed by atoms with Crippen molar-refractivity contribution >= 4 is 5.84 Å². The monoisotopic (exact) mass is 236 g/mol. The van der Waals surface area contributed by atoms with Gasteiger partial charge in [0.25, 0.3) is 0 Å². The van der Waals surface area contributed by atoms with Gasteiger partial charge in [-0.25, -0.2) is 0 Å². The number of benzene rings is 1. The third-order valence-corrected chi connectivity index (χ3v) is 2.33. The zero-order valence-electron chi connectivity index (χ0n) is 10.4. The molecular weight excluding hydrogens is 216 g/mol. The van der Waals surface area contributed by atoms with Gasteiger partial charge in [-0.1, -0.05) is 18.2 Å². The molecule has 4 nitrogen and oxygen atoms in total. The Morgan fingerprint density at radius 3 is 2.88 bits per heavy atom. The van der Waals surface area contributed by atoms with Crippen LogP contribution in [0.2, 0.25) is 0 Å². The predicted molar refractivity (Wildman–Crippen MR) is 68.2 cm³/mol. The molecule has 0 aromatic heterocycles. The van der Waals surface area contributed by atoms with Gasteiger partial charge in [0.05, 0.1) is 19.3 Å². The van der Waals surface area contributed by atoms with Crippen LogP contribution in [0.15, 0.2) is 24.3 Å². The Morgan fingerprint density at radius 1 is 1.47 bits per heavy atom. The second-order valence-electron chi connectivity index (χ2n) is 3.90. The first-order valence-electron chi connectivity index (χ1n) is 5.76. The highest BCUT2D eigenvalue weighted by atomic mass is 16.5. The van der Waals surface area contributed by atoms with Gasteiger partial charge in [0.2, 0.25) is 0 Å². The summed E-state index contributed by atoms with van der Waals surface area (Å²) in [7, 11) is 0. The molecule has 1 atom stereocenters. The van der Waals surface area contributed by atoms with E-state index in [4.69, 9.17) is 20.6 Å². The van der Waals surface area contributed by atoms with Crippen LogP contribution in [0.3, 0.4) is 0 Å². The Morgan fingerprint density at radius 2 is 2.24 bits per heavy atom. The van der Waals surface area contributed by atoms with Gasteiger partial charge in [-0.15, -0.1) is 0 Å². The van der Waals surface area contributed by atoms with Gasteiger partial charge in [0.15, 0.2) is 0 Å². The molecule has 94 valence electrons. The van der Waals surface area contributed by atoms with Crippen molar-refractivity contribution in [1.82, 2.24) is 0 Å². The van der Waals surface area contributed by atoms with Crippen LogP contribution in [0.4, 0.5) is 0 Å². The molecule has 1 aromatic carbocycles. The lowest BCUT2D eigenvalue weighted by Crippen LogP contribution is -2.16. The summed E-state index contributed by atoms with van der Waals surface area (Å²) in [5, 5.41) is 7.36. The van der Waals surface area contributed by atoms with Gasteiger partial charge in [0.1, 0.15) is 5.84 Å². The molecule has 0 radical (unpaired) electrons. The molecule has 1 rings (SSSR count). The minimum Gasteiger partial charge on any atom is -0.384 e. The standard InChI is InChI=1S/C13H20N2O2/c1-3-16-8-10(2)17-9-11-5-4-6-12(7-11)13(14)15/h4-7,10H,3,8-9H2,1-2H3,(H3,14,15). The molecular formula is C13H20N2O2. The Bertz CT molecular complexity index is 366. The van der Waals surface area contributed by atoms with Crippen molar-refractivity contribution in [3.63, 3.8) is 0 Å². The van der Waals surface area contributed by atoms with Crippen LogP contribution in [-0.2, 0) is 16.1 Å². The number of hydrogen-bond donors (Lipinski definition) is 2. The average Bonchev–Trinajstić information content (AvgIpc) is 2.34. The highest BCUT2D eigenvalue weighted by Crippen LogP contribution is 2.07. The van der Waals surface area contributed by atoms with Crippen LogP contribution in [0, 0.1) is 5.41 Å². The van der Waals surface area contributed by atoms with Gasteiger partial charge in [-0.05, 0) is 25.5 Å². The van der Waals surface area contributed by atoms with Crippen LogP contribution < -0.4 is 5.73 Å². The minimum absolute atomic E-state index is 0.0657. The third kappa shape index (κ3) is 4.97. The lowest BCUT2D eigenvalue weighted by atomic mass is 10.1. The lowest BCUT2D eigenvalue weighted by molar-refractivity contribution is -0.0116. The number of nitrogens with two attached hydrogens (primary N) is 1. The van der Waals surface area contributed by atoms with Gasteiger partial charge in [-0.2, -0.15) is 0 Å². The van der Waals surface area contributed by atoms with E-state index in [2.05, 4.69) is 0 Å². The molecule has 0 amide bonds. The van der Waals surface area contributed by atoms with Crippen molar-refractivity contribution in [2.75, 3.05) is 13.2 Å². The SMILES string of the molecule is CCOCC(C)OCc1cccc(C(=N)N)c1. The number of ether oxygens (including phenoxy) is 2. The van der Waals surface area contributed by atoms with E-state index in [-0.39, 0.29) is 11.9 Å². The number of amidine groups is 1. The topological polar surface area (TPSA) is 68.3 Å². The Balaban J connectivity index is 2.46. The van der Waals surface area contributed by atoms with Gasteiger partial charge in [-0.3, -0.25) is 5.41 Å². The van der Waals surface area contributed by atoms with Crippen LogP contribution in [0.25, 0.3) is 0 Å². The zero-order valence-corrected chi connectivity index (χ0v) is 10.4. The predicted octanol–water partition coefficient (Wildman–Crippen LogP) is 1.91. The largest absolute Gasteiger partial charge is 0.384 e. The fourth-order valence-electron chi connectivity index (χ4n) is 1.40. The molecule has 1 unspecified atom stereocenters. The Kier molecular flexibility index (Phi) is 5.66. The first-order chi connectivity index (χ1) is 8.13. The van der Waals surface area contributed by atoms with E-state index in [1.165, 1.54) is 0 Å². The van der Waals surface area contributed by atoms with Crippen molar-refractivity contribution in [3.05, 3.63) is 35.4 Å². The maximum atomic E-state index is 7.36. The van der Waals surface area contributed by atoms with Crippen LogP contribution >= 0.6 is 0 Å². The summed E-state index contributed by atoms with van der Waals surface area (Å²) in [6.07, 6.45) is 0.0657. The van der Waals surface area contributed by atoms with Crippen molar-refractivity contribution in [1.29, 1.82) is 5.41 Å². The number of nitrogen functional groups attached to an aromatic ring is 1. The van der Waals surface area contributed by atoms with Crippen LogP contribution in [-0.4, -0.2) is 25.2 Å². The molecule has 0 saturated carbocycles. The number of nitrogens with one attached hydrogen (secondary N) is 1. The molecule has 0 heterocycles. The summed E-state index contributed by atoms with van der Waals surface area (Å²) in [6.45, 7) is 5.75. The molecule has 0 saturated heterocycles. The maximum absolute atomic E-state index is 7.36. The smallest absolute Gasteiger partial charge is 0.122 e. The fourth-order valence-corrected chi connectivity index (χ4v) is 1.40. The summed E-state index contributed by atoms with van der Waals surface area (Å²) in [5.74, 6) is 0.0780. The zero-order chi connectivity index (χ0) is 12.7. The molecule has 1 aromatic rings. The number of hydrogen-bond acceptors (Lipinski definition) is 3. The normalized spacial score (nSPS) is 12.4. The maximum Gasteiger partial charge on any atom is 0.122 e. The molecule has 17 heavy (non-hydrogen) atoms. The summed E-state index contributed by atoms with van der Waals surface area (Å²) < 4.78 is 10.9. The average molecular weight is 236 g/mol. The summed E-state index contributed by atoms with van der Waals surface area (Å²) >= 11 is 0. The first kappa shape index (κ1) is 13.7. The highest BCUT2D eigenvalue weighted by Gasteiger charge is 2.03. The molecule has 3 N–H and O–H groups in total. The van der Waals surface area contributed by atoms with E-state index in [0.29, 0.717) is 19.8 Å². The first-order valence-corrected chi connectivity index (χ1v) is 5.76. The summed E-state index contributed by atoms with van der Waals surface area (Å²) in [4.78, 5) is 0. The van der Waals surface area contributed by atoms with E-state index in [1.807, 2.05) is 38.1 Å². The van der Waals surface area contributed by atoms with Crippen molar-refractivity contribution < 1.29 is 9.47 Å². The third-order valence-electron chi connectivity index (χ3n) is 2.33. The van der Waals surface area contributed by atoms with Crippen LogP contribution in [0.5, 0.6) is 0 Å². The summed E-state index contributed by atoms with van der Waals surface area (Å²) in [6, 6.07) is 7.52. The van der Waals surface area contributed by atoms with E-state index in [1.54, 1.807) is 0 Å². The van der Waals surface area contributed by atoms with Crippen LogP contribution in [0.1, 0.15) is 25.0 Å². The molecule has 0 spiro atoms. The molecule has 0 aliphatic carbocycles. The number of rotatable bonds is 7. The van der Waals surface area contributed by atoms with Crippen molar-refractivity contribution in [2.24, 2.45) is 5.73 Å². The summed E-state index contributed by atoms with van der Waals surface area (Å²) in [5.41, 5.74) is 7.17. The van der Waals surface area contributed by atoms with E-state index >= 15 is 0 Å². The Labute approximate surface area is 102 Å². The van der Waals surface area contributed by atoms with Gasteiger partial charge < -0.3 is 15.2 Å². The highest BCUT2D eigenvalue weighted by molar-refractivity contribution is 5.95. The van der Waals surface area contributed by atoms with E-state index in [9.17, 15) is 0 Å². The van der Waals surface area contributed by atoms with E-state index in [0.717, 1.165) is 11.1 Å². The Hall–Kier alpha value is -1.39. The molecule has 0 aliphatic heterocycles. The van der Waals surface area contributed by atoms with Crippen molar-refractivity contribution in [2.45, 2.75) is 26.6 Å². The lowest BCUT2D eigenvalue weighted by Gasteiger charge is -2.13. The second kappa shape index (κ2) is 7.04. The molecule has 0 aliphatic rings. The molecule has 0 fully saturated rings.